The van der Waals surface area contributed by atoms with Crippen LogP contribution in [0.1, 0.15) is 73.3 Å². The van der Waals surface area contributed by atoms with Gasteiger partial charge in [0.15, 0.2) is 11.5 Å². The van der Waals surface area contributed by atoms with E-state index in [0.717, 1.165) is 40.2 Å². The third-order valence-electron chi connectivity index (χ3n) is 6.03. The van der Waals surface area contributed by atoms with Gasteiger partial charge in [0.2, 0.25) is 5.91 Å². The number of hydrogen-bond donors (Lipinski definition) is 2. The van der Waals surface area contributed by atoms with Gasteiger partial charge in [-0.15, -0.1) is 0 Å². The Bertz CT molecular complexity index is 995. The molecule has 4 rings (SSSR count). The van der Waals surface area contributed by atoms with Crippen LogP contribution in [0.15, 0.2) is 30.3 Å². The minimum absolute atomic E-state index is 0.350. The molecule has 2 aromatic rings. The van der Waals surface area contributed by atoms with E-state index in [1.54, 1.807) is 12.1 Å². The van der Waals surface area contributed by atoms with Gasteiger partial charge in [-0.1, -0.05) is 12.1 Å². The van der Waals surface area contributed by atoms with Crippen molar-refractivity contribution in [1.82, 2.24) is 5.06 Å². The molecule has 2 aliphatic rings. The number of benzene rings is 2. The molecule has 0 spiro atoms. The highest BCUT2D eigenvalue weighted by atomic mass is 16.5. The molecular weight excluding hydrogens is 380 g/mol. The molecular formula is C24H30N2O4. The van der Waals surface area contributed by atoms with Crippen molar-refractivity contribution in [2.45, 2.75) is 64.6 Å². The van der Waals surface area contributed by atoms with Gasteiger partial charge in [0.05, 0.1) is 12.6 Å². The molecule has 2 aromatic carbocycles. The Kier molecular flexibility index (Phi) is 4.83. The lowest BCUT2D eigenvalue weighted by Gasteiger charge is -2.45. The molecule has 160 valence electrons. The third kappa shape index (κ3) is 3.34. The molecule has 30 heavy (non-hydrogen) atoms. The standard InChI is InChI=1S/C24H30N2O4/c1-6-29-18-11-16-12-23(2,3)26(28)20(14-7-9-15(10-8-14)22(25)27)19(16)17-13-24(4,5)30-21(17)18/h7-11,20,28H,6,12-13H2,1-5H3,(H2,25,27). The molecule has 2 heterocycles. The van der Waals surface area contributed by atoms with Gasteiger partial charge in [-0.3, -0.25) is 4.79 Å². The van der Waals surface area contributed by atoms with Crippen molar-refractivity contribution in [3.63, 3.8) is 0 Å². The topological polar surface area (TPSA) is 85.0 Å². The fourth-order valence-corrected chi connectivity index (χ4v) is 4.70. The van der Waals surface area contributed by atoms with Crippen molar-refractivity contribution in [3.05, 3.63) is 58.1 Å². The number of rotatable bonds is 4. The smallest absolute Gasteiger partial charge is 0.248 e. The molecule has 6 nitrogen and oxygen atoms in total. The average molecular weight is 411 g/mol. The molecule has 1 unspecified atom stereocenters. The number of ether oxygens (including phenoxy) is 2. The van der Waals surface area contributed by atoms with E-state index in [9.17, 15) is 10.0 Å². The van der Waals surface area contributed by atoms with Crippen molar-refractivity contribution in [3.8, 4) is 11.5 Å². The van der Waals surface area contributed by atoms with Crippen LogP contribution in [-0.2, 0) is 12.8 Å². The zero-order valence-electron chi connectivity index (χ0n) is 18.3. The third-order valence-corrected chi connectivity index (χ3v) is 6.03. The summed E-state index contributed by atoms with van der Waals surface area (Å²) in [6, 6.07) is 8.83. The van der Waals surface area contributed by atoms with Crippen LogP contribution < -0.4 is 15.2 Å². The fraction of sp³-hybridized carbons (Fsp3) is 0.458. The van der Waals surface area contributed by atoms with E-state index in [4.69, 9.17) is 15.2 Å². The minimum Gasteiger partial charge on any atom is -0.490 e. The largest absolute Gasteiger partial charge is 0.490 e. The van der Waals surface area contributed by atoms with Gasteiger partial charge in [-0.25, -0.2) is 0 Å². The normalized spacial score (nSPS) is 21.5. The second kappa shape index (κ2) is 7.00. The van der Waals surface area contributed by atoms with E-state index in [0.29, 0.717) is 18.6 Å². The van der Waals surface area contributed by atoms with E-state index in [2.05, 4.69) is 19.9 Å². The number of primary amides is 1. The Labute approximate surface area is 177 Å². The van der Waals surface area contributed by atoms with Crippen LogP contribution in [0.2, 0.25) is 0 Å². The first-order valence-corrected chi connectivity index (χ1v) is 10.4. The average Bonchev–Trinajstić information content (AvgIpc) is 2.99. The van der Waals surface area contributed by atoms with E-state index >= 15 is 0 Å². The Balaban J connectivity index is 1.93. The van der Waals surface area contributed by atoms with Crippen LogP contribution in [0.5, 0.6) is 11.5 Å². The van der Waals surface area contributed by atoms with E-state index in [1.807, 2.05) is 32.9 Å². The summed E-state index contributed by atoms with van der Waals surface area (Å²) in [5.74, 6) is 1.07. The van der Waals surface area contributed by atoms with Crippen molar-refractivity contribution in [2.75, 3.05) is 6.61 Å². The maximum Gasteiger partial charge on any atom is 0.248 e. The summed E-state index contributed by atoms with van der Waals surface area (Å²) in [4.78, 5) is 11.5. The van der Waals surface area contributed by atoms with Crippen LogP contribution in [0.4, 0.5) is 0 Å². The zero-order chi connectivity index (χ0) is 21.8. The molecule has 3 N–H and O–H groups in total. The fourth-order valence-electron chi connectivity index (χ4n) is 4.70. The minimum atomic E-state index is -0.479. The number of nitrogens with zero attached hydrogens (tertiary/aromatic N) is 1. The Morgan fingerprint density at radius 1 is 1.23 bits per heavy atom. The molecule has 0 saturated heterocycles. The number of nitrogens with two attached hydrogens (primary N) is 1. The van der Waals surface area contributed by atoms with Crippen molar-refractivity contribution in [1.29, 1.82) is 0 Å². The number of carbonyl (C=O) groups is 1. The second-order valence-electron chi connectivity index (χ2n) is 9.45. The number of hydrogen-bond acceptors (Lipinski definition) is 5. The Hall–Kier alpha value is -2.57. The van der Waals surface area contributed by atoms with Crippen molar-refractivity contribution < 1.29 is 19.5 Å². The van der Waals surface area contributed by atoms with E-state index in [-0.39, 0.29) is 11.6 Å². The number of amides is 1. The number of hydroxylamine groups is 2. The predicted octanol–water partition coefficient (Wildman–Crippen LogP) is 4.01. The first-order valence-electron chi connectivity index (χ1n) is 10.4. The highest BCUT2D eigenvalue weighted by Crippen LogP contribution is 2.52. The van der Waals surface area contributed by atoms with Gasteiger partial charge in [0.25, 0.3) is 0 Å². The monoisotopic (exact) mass is 410 g/mol. The van der Waals surface area contributed by atoms with Gasteiger partial charge in [0, 0.05) is 23.1 Å². The molecule has 1 amide bonds. The molecule has 6 heteroatoms. The number of fused-ring (bicyclic) bond motifs is 3. The van der Waals surface area contributed by atoms with Gasteiger partial charge in [-0.2, -0.15) is 5.06 Å². The zero-order valence-corrected chi connectivity index (χ0v) is 18.3. The molecule has 2 aliphatic heterocycles. The predicted molar refractivity (Wildman–Crippen MR) is 114 cm³/mol. The van der Waals surface area contributed by atoms with E-state index in [1.165, 1.54) is 5.06 Å². The Morgan fingerprint density at radius 3 is 2.50 bits per heavy atom. The highest BCUT2D eigenvalue weighted by molar-refractivity contribution is 5.92. The first-order chi connectivity index (χ1) is 14.0. The molecule has 1 atom stereocenters. The van der Waals surface area contributed by atoms with Crippen LogP contribution in [0.3, 0.4) is 0 Å². The highest BCUT2D eigenvalue weighted by Gasteiger charge is 2.45. The summed E-state index contributed by atoms with van der Waals surface area (Å²) in [6.07, 6.45) is 1.41. The van der Waals surface area contributed by atoms with Gasteiger partial charge >= 0.3 is 0 Å². The molecule has 0 radical (unpaired) electrons. The summed E-state index contributed by atoms with van der Waals surface area (Å²) in [6.45, 7) is 10.7. The molecule has 0 aromatic heterocycles. The first kappa shape index (κ1) is 20.7. The van der Waals surface area contributed by atoms with E-state index < -0.39 is 11.4 Å². The lowest BCUT2D eigenvalue weighted by molar-refractivity contribution is -0.191. The lowest BCUT2D eigenvalue weighted by Crippen LogP contribution is -2.49. The van der Waals surface area contributed by atoms with Crippen molar-refractivity contribution in [2.24, 2.45) is 5.73 Å². The van der Waals surface area contributed by atoms with Gasteiger partial charge < -0.3 is 20.4 Å². The maximum absolute atomic E-state index is 11.5. The SMILES string of the molecule is CCOc1cc2c(c3c1OC(C)(C)C3)C(c1ccc(C(N)=O)cc1)N(O)C(C)(C)C2. The van der Waals surface area contributed by atoms with Crippen LogP contribution >= 0.6 is 0 Å². The summed E-state index contributed by atoms with van der Waals surface area (Å²) in [5, 5.41) is 12.7. The molecule has 0 bridgehead atoms. The van der Waals surface area contributed by atoms with Gasteiger partial charge in [-0.05, 0) is 75.9 Å². The summed E-state index contributed by atoms with van der Waals surface area (Å²) >= 11 is 0. The summed E-state index contributed by atoms with van der Waals surface area (Å²) in [5.41, 5.74) is 9.22. The van der Waals surface area contributed by atoms with Crippen LogP contribution in [-0.4, -0.2) is 33.9 Å². The van der Waals surface area contributed by atoms with Crippen molar-refractivity contribution >= 4 is 5.91 Å². The summed E-state index contributed by atoms with van der Waals surface area (Å²) < 4.78 is 12.2. The molecule has 0 fully saturated rings. The second-order valence-corrected chi connectivity index (χ2v) is 9.45. The Morgan fingerprint density at radius 2 is 1.90 bits per heavy atom. The summed E-state index contributed by atoms with van der Waals surface area (Å²) in [7, 11) is 0. The quantitative estimate of drug-likeness (QED) is 0.795. The lowest BCUT2D eigenvalue weighted by atomic mass is 9.77. The van der Waals surface area contributed by atoms with Crippen LogP contribution in [0, 0.1) is 0 Å². The van der Waals surface area contributed by atoms with Gasteiger partial charge in [0.1, 0.15) is 5.60 Å². The maximum atomic E-state index is 11.5. The molecule has 0 saturated carbocycles. The molecule has 0 aliphatic carbocycles. The van der Waals surface area contributed by atoms with Crippen LogP contribution in [0.25, 0.3) is 0 Å². The number of carbonyl (C=O) groups excluding carboxylic acids is 1.